The van der Waals surface area contributed by atoms with E-state index in [0.29, 0.717) is 18.9 Å². The minimum Gasteiger partial charge on any atom is -0.497 e. The van der Waals surface area contributed by atoms with Gasteiger partial charge in [-0.2, -0.15) is 0 Å². The number of aromatic nitrogens is 1. The summed E-state index contributed by atoms with van der Waals surface area (Å²) in [6, 6.07) is 11.9. The van der Waals surface area contributed by atoms with Crippen molar-refractivity contribution in [3.05, 3.63) is 53.9 Å². The lowest BCUT2D eigenvalue weighted by molar-refractivity contribution is 0.0893. The summed E-state index contributed by atoms with van der Waals surface area (Å²) in [5.41, 5.74) is 2.28. The maximum absolute atomic E-state index is 13.1. The molecule has 1 aromatic heterocycles. The number of ether oxygens (including phenoxy) is 2. The number of amides is 1. The summed E-state index contributed by atoms with van der Waals surface area (Å²) < 4.78 is 10.7. The average molecular weight is 381 g/mol. The van der Waals surface area contributed by atoms with Crippen LogP contribution in [0.3, 0.4) is 0 Å². The van der Waals surface area contributed by atoms with Gasteiger partial charge in [-0.05, 0) is 42.7 Å². The van der Waals surface area contributed by atoms with Gasteiger partial charge in [-0.3, -0.25) is 9.78 Å². The standard InChI is InChI=1S/C22H27N3O3/c1-27-19-6-4-17(5-7-19)22(9-2-3-10-22)24-21(26)20-16-18(8-11-23-20)25-12-14-28-15-13-25/h4-8,11,16H,2-3,9-10,12-15H2,1H3,(H,24,26). The zero-order chi connectivity index (χ0) is 19.4. The summed E-state index contributed by atoms with van der Waals surface area (Å²) in [6.07, 6.45) is 5.80. The van der Waals surface area contributed by atoms with Crippen molar-refractivity contribution in [3.8, 4) is 5.75 Å². The molecule has 0 unspecified atom stereocenters. The minimum absolute atomic E-state index is 0.118. The molecule has 1 saturated heterocycles. The molecule has 0 spiro atoms. The SMILES string of the molecule is COc1ccc(C2(NC(=O)c3cc(N4CCOCC4)ccn3)CCCC2)cc1. The van der Waals surface area contributed by atoms with E-state index in [-0.39, 0.29) is 11.4 Å². The first-order valence-corrected chi connectivity index (χ1v) is 9.96. The Morgan fingerprint density at radius 3 is 2.54 bits per heavy atom. The maximum Gasteiger partial charge on any atom is 0.270 e. The maximum atomic E-state index is 13.1. The second-order valence-corrected chi connectivity index (χ2v) is 7.47. The van der Waals surface area contributed by atoms with Crippen LogP contribution < -0.4 is 15.0 Å². The lowest BCUT2D eigenvalue weighted by Crippen LogP contribution is -2.44. The second kappa shape index (κ2) is 8.19. The molecular formula is C22H27N3O3. The Morgan fingerprint density at radius 2 is 1.86 bits per heavy atom. The Labute approximate surface area is 165 Å². The highest BCUT2D eigenvalue weighted by atomic mass is 16.5. The summed E-state index contributed by atoms with van der Waals surface area (Å²) in [5, 5.41) is 3.31. The third-order valence-electron chi connectivity index (χ3n) is 5.80. The molecule has 2 heterocycles. The van der Waals surface area contributed by atoms with Crippen LogP contribution in [0.5, 0.6) is 5.75 Å². The molecule has 0 atom stereocenters. The van der Waals surface area contributed by atoms with Crippen LogP contribution in [0.25, 0.3) is 0 Å². The molecule has 1 N–H and O–H groups in total. The van der Waals surface area contributed by atoms with Crippen molar-refractivity contribution in [2.45, 2.75) is 31.2 Å². The molecule has 2 aromatic rings. The average Bonchev–Trinajstić information content (AvgIpc) is 3.24. The van der Waals surface area contributed by atoms with Crippen LogP contribution in [-0.4, -0.2) is 44.3 Å². The molecule has 28 heavy (non-hydrogen) atoms. The molecule has 6 nitrogen and oxygen atoms in total. The van der Waals surface area contributed by atoms with Gasteiger partial charge in [0.15, 0.2) is 0 Å². The van der Waals surface area contributed by atoms with Crippen molar-refractivity contribution in [2.24, 2.45) is 0 Å². The number of methoxy groups -OCH3 is 1. The summed E-state index contributed by atoms with van der Waals surface area (Å²) in [6.45, 7) is 3.09. The number of carbonyl (C=O) groups is 1. The molecule has 0 radical (unpaired) electrons. The van der Waals surface area contributed by atoms with Gasteiger partial charge in [0.1, 0.15) is 11.4 Å². The summed E-state index contributed by atoms with van der Waals surface area (Å²) in [5.74, 6) is 0.705. The lowest BCUT2D eigenvalue weighted by Gasteiger charge is -2.31. The predicted molar refractivity (Wildman–Crippen MR) is 108 cm³/mol. The number of anilines is 1. The molecule has 6 heteroatoms. The zero-order valence-electron chi connectivity index (χ0n) is 16.3. The molecule has 148 valence electrons. The third kappa shape index (κ3) is 3.83. The highest BCUT2D eigenvalue weighted by Gasteiger charge is 2.37. The molecular weight excluding hydrogens is 354 g/mol. The van der Waals surface area contributed by atoms with Gasteiger partial charge in [-0.1, -0.05) is 25.0 Å². The van der Waals surface area contributed by atoms with Crippen LogP contribution in [-0.2, 0) is 10.3 Å². The van der Waals surface area contributed by atoms with Gasteiger partial charge >= 0.3 is 0 Å². The number of carbonyl (C=O) groups excluding carboxylic acids is 1. The van der Waals surface area contributed by atoms with Gasteiger partial charge < -0.3 is 19.7 Å². The van der Waals surface area contributed by atoms with Crippen molar-refractivity contribution in [1.82, 2.24) is 10.3 Å². The molecule has 2 aliphatic rings. The molecule has 1 aromatic carbocycles. The van der Waals surface area contributed by atoms with Crippen LogP contribution >= 0.6 is 0 Å². The van der Waals surface area contributed by atoms with E-state index in [2.05, 4.69) is 27.3 Å². The van der Waals surface area contributed by atoms with Crippen molar-refractivity contribution in [3.63, 3.8) is 0 Å². The van der Waals surface area contributed by atoms with Crippen LogP contribution in [0.15, 0.2) is 42.6 Å². The van der Waals surface area contributed by atoms with Crippen molar-refractivity contribution in [1.29, 1.82) is 0 Å². The minimum atomic E-state index is -0.333. The van der Waals surface area contributed by atoms with Gasteiger partial charge in [0, 0.05) is 25.0 Å². The summed E-state index contributed by atoms with van der Waals surface area (Å²) >= 11 is 0. The highest BCUT2D eigenvalue weighted by Crippen LogP contribution is 2.39. The van der Waals surface area contributed by atoms with Gasteiger partial charge in [-0.25, -0.2) is 0 Å². The molecule has 1 aliphatic heterocycles. The zero-order valence-corrected chi connectivity index (χ0v) is 16.3. The van der Waals surface area contributed by atoms with E-state index in [1.807, 2.05) is 24.3 Å². The smallest absolute Gasteiger partial charge is 0.270 e. The molecule has 1 saturated carbocycles. The monoisotopic (exact) mass is 381 g/mol. The van der Waals surface area contributed by atoms with Gasteiger partial charge in [0.05, 0.1) is 25.9 Å². The lowest BCUT2D eigenvalue weighted by atomic mass is 9.88. The summed E-state index contributed by atoms with van der Waals surface area (Å²) in [4.78, 5) is 19.7. The molecule has 4 rings (SSSR count). The topological polar surface area (TPSA) is 63.7 Å². The fourth-order valence-corrected chi connectivity index (χ4v) is 4.22. The van der Waals surface area contributed by atoms with E-state index in [0.717, 1.165) is 55.8 Å². The largest absolute Gasteiger partial charge is 0.497 e. The normalized spacial score (nSPS) is 18.7. The Bertz CT molecular complexity index is 810. The van der Waals surface area contributed by atoms with E-state index in [9.17, 15) is 4.79 Å². The first kappa shape index (κ1) is 18.7. The fourth-order valence-electron chi connectivity index (χ4n) is 4.22. The van der Waals surface area contributed by atoms with Gasteiger partial charge in [0.25, 0.3) is 5.91 Å². The number of pyridine rings is 1. The van der Waals surface area contributed by atoms with E-state index in [1.165, 1.54) is 0 Å². The molecule has 1 aliphatic carbocycles. The number of morpholine rings is 1. The number of nitrogens with zero attached hydrogens (tertiary/aromatic N) is 2. The number of nitrogens with one attached hydrogen (secondary N) is 1. The number of hydrogen-bond acceptors (Lipinski definition) is 5. The van der Waals surface area contributed by atoms with E-state index < -0.39 is 0 Å². The Balaban J connectivity index is 1.55. The van der Waals surface area contributed by atoms with Crippen LogP contribution in [0.2, 0.25) is 0 Å². The molecule has 2 fully saturated rings. The number of benzene rings is 1. The summed E-state index contributed by atoms with van der Waals surface area (Å²) in [7, 11) is 1.66. The highest BCUT2D eigenvalue weighted by molar-refractivity contribution is 5.93. The Morgan fingerprint density at radius 1 is 1.14 bits per heavy atom. The van der Waals surface area contributed by atoms with E-state index in [4.69, 9.17) is 9.47 Å². The first-order chi connectivity index (χ1) is 13.7. The van der Waals surface area contributed by atoms with Crippen LogP contribution in [0, 0.1) is 0 Å². The van der Waals surface area contributed by atoms with E-state index >= 15 is 0 Å². The van der Waals surface area contributed by atoms with Gasteiger partial charge in [0.2, 0.25) is 0 Å². The molecule has 1 amide bonds. The van der Waals surface area contributed by atoms with Crippen LogP contribution in [0.4, 0.5) is 5.69 Å². The van der Waals surface area contributed by atoms with Crippen molar-refractivity contribution < 1.29 is 14.3 Å². The Hall–Kier alpha value is -2.60. The molecule has 0 bridgehead atoms. The third-order valence-corrected chi connectivity index (χ3v) is 5.80. The second-order valence-electron chi connectivity index (χ2n) is 7.47. The number of rotatable bonds is 5. The predicted octanol–water partition coefficient (Wildman–Crippen LogP) is 3.13. The first-order valence-electron chi connectivity index (χ1n) is 9.96. The quantitative estimate of drug-likeness (QED) is 0.862. The van der Waals surface area contributed by atoms with E-state index in [1.54, 1.807) is 13.3 Å². The van der Waals surface area contributed by atoms with Crippen molar-refractivity contribution >= 4 is 11.6 Å². The fraction of sp³-hybridized carbons (Fsp3) is 0.455. The van der Waals surface area contributed by atoms with Crippen LogP contribution in [0.1, 0.15) is 41.7 Å². The van der Waals surface area contributed by atoms with Crippen molar-refractivity contribution in [2.75, 3.05) is 38.3 Å². The number of hydrogen-bond donors (Lipinski definition) is 1. The van der Waals surface area contributed by atoms with Gasteiger partial charge in [-0.15, -0.1) is 0 Å². The Kier molecular flexibility index (Phi) is 5.48.